The molecule has 1 saturated heterocycles. The zero-order valence-electron chi connectivity index (χ0n) is 14.2. The molecule has 1 aliphatic rings. The Labute approximate surface area is 145 Å². The van der Waals surface area contributed by atoms with E-state index in [1.54, 1.807) is 13.8 Å². The summed E-state index contributed by atoms with van der Waals surface area (Å²) in [6.07, 6.45) is 2.23. The summed E-state index contributed by atoms with van der Waals surface area (Å²) in [5.74, 6) is 1.48. The predicted octanol–water partition coefficient (Wildman–Crippen LogP) is 3.09. The quantitative estimate of drug-likeness (QED) is 0.790. The van der Waals surface area contributed by atoms with E-state index in [2.05, 4.69) is 20.2 Å². The van der Waals surface area contributed by atoms with Crippen molar-refractivity contribution in [3.05, 3.63) is 41.6 Å². The van der Waals surface area contributed by atoms with E-state index >= 15 is 0 Å². The van der Waals surface area contributed by atoms with Crippen molar-refractivity contribution in [3.63, 3.8) is 0 Å². The minimum Gasteiger partial charge on any atom is -0.436 e. The van der Waals surface area contributed by atoms with Crippen molar-refractivity contribution in [3.8, 4) is 0 Å². The number of hydrogen-bond acceptors (Lipinski definition) is 6. The van der Waals surface area contributed by atoms with Gasteiger partial charge >= 0.3 is 0 Å². The van der Waals surface area contributed by atoms with E-state index < -0.39 is 0 Å². The van der Waals surface area contributed by atoms with E-state index in [0.717, 1.165) is 37.0 Å². The van der Waals surface area contributed by atoms with Crippen molar-refractivity contribution in [1.82, 2.24) is 15.0 Å². The van der Waals surface area contributed by atoms with Crippen LogP contribution in [0.15, 0.2) is 28.7 Å². The van der Waals surface area contributed by atoms with Crippen molar-refractivity contribution in [1.29, 1.82) is 0 Å². The summed E-state index contributed by atoms with van der Waals surface area (Å²) < 4.78 is 5.42. The van der Waals surface area contributed by atoms with Gasteiger partial charge in [-0.2, -0.15) is 0 Å². The second-order valence-electron chi connectivity index (χ2n) is 6.18. The Kier molecular flexibility index (Phi) is 3.83. The number of amides is 1. The van der Waals surface area contributed by atoms with Gasteiger partial charge < -0.3 is 14.6 Å². The van der Waals surface area contributed by atoms with Crippen LogP contribution in [-0.2, 0) is 0 Å². The van der Waals surface area contributed by atoms with Gasteiger partial charge in [-0.3, -0.25) is 4.79 Å². The van der Waals surface area contributed by atoms with E-state index in [1.807, 2.05) is 24.3 Å². The van der Waals surface area contributed by atoms with E-state index in [4.69, 9.17) is 9.40 Å². The molecule has 3 heterocycles. The summed E-state index contributed by atoms with van der Waals surface area (Å²) >= 11 is 0. The number of hydrogen-bond donors (Lipinski definition) is 1. The Hall–Kier alpha value is -2.96. The highest BCUT2D eigenvalue weighted by atomic mass is 16.4. The van der Waals surface area contributed by atoms with Crippen molar-refractivity contribution in [2.75, 3.05) is 23.3 Å². The van der Waals surface area contributed by atoms with Gasteiger partial charge in [0.2, 0.25) is 5.76 Å². The van der Waals surface area contributed by atoms with Crippen LogP contribution < -0.4 is 10.2 Å². The number of carbonyl (C=O) groups is 1. The maximum atomic E-state index is 12.6. The van der Waals surface area contributed by atoms with Crippen LogP contribution in [0.3, 0.4) is 0 Å². The lowest BCUT2D eigenvalue weighted by molar-refractivity contribution is 0.0994. The minimum absolute atomic E-state index is 0.208. The van der Waals surface area contributed by atoms with Crippen molar-refractivity contribution in [2.45, 2.75) is 26.7 Å². The summed E-state index contributed by atoms with van der Waals surface area (Å²) in [6.45, 7) is 5.29. The molecular formula is C18H19N5O2. The summed E-state index contributed by atoms with van der Waals surface area (Å²) in [4.78, 5) is 28.3. The van der Waals surface area contributed by atoms with Crippen LogP contribution in [0.2, 0.25) is 0 Å². The summed E-state index contributed by atoms with van der Waals surface area (Å²) in [5, 5.41) is 2.86. The normalized spacial score (nSPS) is 14.2. The molecule has 7 heteroatoms. The Morgan fingerprint density at radius 2 is 1.76 bits per heavy atom. The summed E-state index contributed by atoms with van der Waals surface area (Å²) in [7, 11) is 0. The maximum absolute atomic E-state index is 12.6. The molecule has 25 heavy (non-hydrogen) atoms. The number of carbonyl (C=O) groups excluding carboxylic acids is 1. The first-order chi connectivity index (χ1) is 12.1. The number of anilines is 2. The molecule has 1 amide bonds. The fraction of sp³-hybridized carbons (Fsp3) is 0.333. The van der Waals surface area contributed by atoms with Gasteiger partial charge in [-0.05, 0) is 31.9 Å². The SMILES string of the molecule is Cc1nc(C)c(C(=O)Nc2nc3ccccc3nc2N2CCCC2)o1. The van der Waals surface area contributed by atoms with Gasteiger partial charge in [-0.1, -0.05) is 12.1 Å². The molecule has 4 rings (SSSR count). The number of nitrogens with one attached hydrogen (secondary N) is 1. The number of aromatic nitrogens is 3. The number of fused-ring (bicyclic) bond motifs is 1. The third kappa shape index (κ3) is 2.93. The largest absolute Gasteiger partial charge is 0.436 e. The summed E-state index contributed by atoms with van der Waals surface area (Å²) in [6, 6.07) is 7.65. The molecule has 128 valence electrons. The fourth-order valence-corrected chi connectivity index (χ4v) is 3.13. The minimum atomic E-state index is -0.358. The Morgan fingerprint density at radius 3 is 2.40 bits per heavy atom. The molecular weight excluding hydrogens is 318 g/mol. The van der Waals surface area contributed by atoms with Gasteiger partial charge in [-0.25, -0.2) is 15.0 Å². The molecule has 0 saturated carbocycles. The molecule has 2 aromatic heterocycles. The number of oxazole rings is 1. The number of rotatable bonds is 3. The first-order valence-electron chi connectivity index (χ1n) is 8.39. The van der Waals surface area contributed by atoms with Crippen molar-refractivity contribution < 1.29 is 9.21 Å². The van der Waals surface area contributed by atoms with Crippen molar-refractivity contribution >= 4 is 28.6 Å². The molecule has 0 unspecified atom stereocenters. The molecule has 0 aliphatic carbocycles. The Morgan fingerprint density at radius 1 is 1.08 bits per heavy atom. The maximum Gasteiger partial charge on any atom is 0.294 e. The number of aryl methyl sites for hydroxylation is 2. The van der Waals surface area contributed by atoms with Gasteiger partial charge in [0.25, 0.3) is 5.91 Å². The topological polar surface area (TPSA) is 84.2 Å². The molecule has 1 aliphatic heterocycles. The lowest BCUT2D eigenvalue weighted by atomic mass is 10.3. The van der Waals surface area contributed by atoms with Gasteiger partial charge in [-0.15, -0.1) is 0 Å². The van der Waals surface area contributed by atoms with E-state index in [-0.39, 0.29) is 11.7 Å². The van der Waals surface area contributed by atoms with Crippen molar-refractivity contribution in [2.24, 2.45) is 0 Å². The standard InChI is InChI=1S/C18H19N5O2/c1-11-15(25-12(2)19-11)18(24)22-16-17(23-9-5-6-10-23)21-14-8-4-3-7-13(14)20-16/h3-4,7-8H,5-6,9-10H2,1-2H3,(H,20,22,24). The molecule has 7 nitrogen and oxygen atoms in total. The Balaban J connectivity index is 1.75. The van der Waals surface area contributed by atoms with Crippen LogP contribution in [0.5, 0.6) is 0 Å². The number of nitrogens with zero attached hydrogens (tertiary/aromatic N) is 4. The first-order valence-corrected chi connectivity index (χ1v) is 8.39. The summed E-state index contributed by atoms with van der Waals surface area (Å²) in [5.41, 5.74) is 2.12. The third-order valence-corrected chi connectivity index (χ3v) is 4.30. The lowest BCUT2D eigenvalue weighted by Crippen LogP contribution is -2.23. The first kappa shape index (κ1) is 15.6. The highest BCUT2D eigenvalue weighted by molar-refractivity contribution is 6.04. The molecule has 0 radical (unpaired) electrons. The average Bonchev–Trinajstić information content (AvgIpc) is 3.23. The van der Waals surface area contributed by atoms with E-state index in [9.17, 15) is 4.79 Å². The molecule has 0 bridgehead atoms. The van der Waals surface area contributed by atoms with Crippen LogP contribution in [0.1, 0.15) is 35.0 Å². The zero-order chi connectivity index (χ0) is 17.4. The van der Waals surface area contributed by atoms with Crippen LogP contribution in [-0.4, -0.2) is 33.9 Å². The van der Waals surface area contributed by atoms with Gasteiger partial charge in [0.1, 0.15) is 0 Å². The molecule has 3 aromatic rings. The van der Waals surface area contributed by atoms with Gasteiger partial charge in [0, 0.05) is 20.0 Å². The van der Waals surface area contributed by atoms with E-state index in [1.165, 1.54) is 0 Å². The molecule has 0 atom stereocenters. The molecule has 1 fully saturated rings. The van der Waals surface area contributed by atoms with Crippen LogP contribution in [0.25, 0.3) is 11.0 Å². The molecule has 1 aromatic carbocycles. The zero-order valence-corrected chi connectivity index (χ0v) is 14.2. The highest BCUT2D eigenvalue weighted by Crippen LogP contribution is 2.28. The Bertz CT molecular complexity index is 944. The second kappa shape index (κ2) is 6.16. The van der Waals surface area contributed by atoms with E-state index in [0.29, 0.717) is 23.2 Å². The third-order valence-electron chi connectivity index (χ3n) is 4.30. The monoisotopic (exact) mass is 337 g/mol. The lowest BCUT2D eigenvalue weighted by Gasteiger charge is -2.20. The van der Waals surface area contributed by atoms with Crippen LogP contribution in [0.4, 0.5) is 11.6 Å². The smallest absolute Gasteiger partial charge is 0.294 e. The van der Waals surface area contributed by atoms with Crippen LogP contribution >= 0.6 is 0 Å². The molecule has 0 spiro atoms. The highest BCUT2D eigenvalue weighted by Gasteiger charge is 2.23. The van der Waals surface area contributed by atoms with Gasteiger partial charge in [0.05, 0.1) is 16.7 Å². The second-order valence-corrected chi connectivity index (χ2v) is 6.18. The van der Waals surface area contributed by atoms with Gasteiger partial charge in [0.15, 0.2) is 17.5 Å². The number of benzene rings is 1. The fourth-order valence-electron chi connectivity index (χ4n) is 3.13. The number of para-hydroxylation sites is 2. The van der Waals surface area contributed by atoms with Crippen LogP contribution in [0, 0.1) is 13.8 Å². The predicted molar refractivity (Wildman–Crippen MR) is 94.9 cm³/mol. The average molecular weight is 337 g/mol. The molecule has 1 N–H and O–H groups in total.